The van der Waals surface area contributed by atoms with Crippen LogP contribution in [0.25, 0.3) is 0 Å². The number of carbonyl (C=O) groups is 2. The highest BCUT2D eigenvalue weighted by Gasteiger charge is 2.13. The predicted molar refractivity (Wildman–Crippen MR) is 116 cm³/mol. The fourth-order valence-electron chi connectivity index (χ4n) is 3.02. The highest BCUT2D eigenvalue weighted by molar-refractivity contribution is 6.07. The molecule has 0 heterocycles. The van der Waals surface area contributed by atoms with Gasteiger partial charge in [0.2, 0.25) is 0 Å². The van der Waals surface area contributed by atoms with Crippen molar-refractivity contribution in [1.82, 2.24) is 0 Å². The van der Waals surface area contributed by atoms with Crippen LogP contribution in [0.1, 0.15) is 38.8 Å². The van der Waals surface area contributed by atoms with Gasteiger partial charge in [-0.15, -0.1) is 0 Å². The normalized spacial score (nSPS) is 10.3. The second-order valence-corrected chi connectivity index (χ2v) is 6.68. The summed E-state index contributed by atoms with van der Waals surface area (Å²) in [5.74, 6) is 0.142. The quantitative estimate of drug-likeness (QED) is 0.609. The molecule has 0 aromatic heterocycles. The van der Waals surface area contributed by atoms with Crippen LogP contribution in [0.5, 0.6) is 5.75 Å². The number of anilines is 2. The summed E-state index contributed by atoms with van der Waals surface area (Å²) in [7, 11) is 0. The van der Waals surface area contributed by atoms with E-state index in [-0.39, 0.29) is 11.8 Å². The first-order chi connectivity index (χ1) is 14.0. The van der Waals surface area contributed by atoms with Gasteiger partial charge in [-0.3, -0.25) is 9.59 Å². The number of para-hydroxylation sites is 3. The molecule has 3 rings (SSSR count). The van der Waals surface area contributed by atoms with Crippen LogP contribution in [0.2, 0.25) is 0 Å². The number of amides is 2. The third-order valence-corrected chi connectivity index (χ3v) is 4.56. The molecule has 0 aliphatic carbocycles. The lowest BCUT2D eigenvalue weighted by molar-refractivity contribution is 0.101. The molecule has 3 aromatic rings. The van der Waals surface area contributed by atoms with Gasteiger partial charge in [0.15, 0.2) is 0 Å². The summed E-state index contributed by atoms with van der Waals surface area (Å²) in [6, 6.07) is 19.7. The maximum Gasteiger partial charge on any atom is 0.255 e. The largest absolute Gasteiger partial charge is 0.492 e. The molecule has 3 aromatic carbocycles. The van der Waals surface area contributed by atoms with E-state index in [2.05, 4.69) is 10.6 Å². The Bertz CT molecular complexity index is 1010. The molecule has 0 unspecified atom stereocenters. The number of hydrogen-bond acceptors (Lipinski definition) is 3. The number of ether oxygens (including phenoxy) is 1. The molecule has 0 saturated carbocycles. The van der Waals surface area contributed by atoms with E-state index in [1.807, 2.05) is 51.1 Å². The average molecular weight is 388 g/mol. The Hall–Kier alpha value is -3.60. The van der Waals surface area contributed by atoms with Gasteiger partial charge in [-0.2, -0.15) is 0 Å². The van der Waals surface area contributed by atoms with E-state index in [9.17, 15) is 9.59 Å². The van der Waals surface area contributed by atoms with Crippen LogP contribution in [-0.4, -0.2) is 18.4 Å². The minimum atomic E-state index is -0.265. The first-order valence-corrected chi connectivity index (χ1v) is 9.50. The van der Waals surface area contributed by atoms with Gasteiger partial charge in [-0.05, 0) is 68.3 Å². The fraction of sp³-hybridized carbons (Fsp3) is 0.167. The van der Waals surface area contributed by atoms with Crippen LogP contribution in [0.4, 0.5) is 11.4 Å². The minimum absolute atomic E-state index is 0.212. The summed E-state index contributed by atoms with van der Waals surface area (Å²) in [6.45, 7) is 6.31. The van der Waals surface area contributed by atoms with Gasteiger partial charge in [-0.25, -0.2) is 0 Å². The number of nitrogens with one attached hydrogen (secondary N) is 2. The van der Waals surface area contributed by atoms with Crippen molar-refractivity contribution in [3.8, 4) is 5.75 Å². The zero-order chi connectivity index (χ0) is 20.8. The highest BCUT2D eigenvalue weighted by Crippen LogP contribution is 2.24. The van der Waals surface area contributed by atoms with Crippen molar-refractivity contribution in [2.24, 2.45) is 0 Å². The lowest BCUT2D eigenvalue weighted by Gasteiger charge is -2.12. The molecule has 5 nitrogen and oxygen atoms in total. The standard InChI is InChI=1S/C24H24N2O3/c1-4-29-21-11-6-5-10-20(21)25-23(27)18-12-14-19(15-13-18)24(28)26-22-16(2)8-7-9-17(22)3/h5-15H,4H2,1-3H3,(H,25,27)(H,26,28). The van der Waals surface area contributed by atoms with Crippen LogP contribution >= 0.6 is 0 Å². The minimum Gasteiger partial charge on any atom is -0.492 e. The molecule has 29 heavy (non-hydrogen) atoms. The molecule has 0 radical (unpaired) electrons. The van der Waals surface area contributed by atoms with E-state index < -0.39 is 0 Å². The van der Waals surface area contributed by atoms with Crippen molar-refractivity contribution < 1.29 is 14.3 Å². The van der Waals surface area contributed by atoms with Crippen molar-refractivity contribution >= 4 is 23.2 Å². The summed E-state index contributed by atoms with van der Waals surface area (Å²) in [5, 5.41) is 5.80. The summed E-state index contributed by atoms with van der Waals surface area (Å²) in [4.78, 5) is 25.1. The molecule has 2 N–H and O–H groups in total. The van der Waals surface area contributed by atoms with Crippen molar-refractivity contribution in [1.29, 1.82) is 0 Å². The number of aryl methyl sites for hydroxylation is 2. The molecule has 5 heteroatoms. The van der Waals surface area contributed by atoms with Gasteiger partial charge in [0.25, 0.3) is 11.8 Å². The maximum absolute atomic E-state index is 12.6. The van der Waals surface area contributed by atoms with Gasteiger partial charge >= 0.3 is 0 Å². The Morgan fingerprint density at radius 2 is 1.31 bits per heavy atom. The first-order valence-electron chi connectivity index (χ1n) is 9.50. The molecule has 0 saturated heterocycles. The number of rotatable bonds is 6. The van der Waals surface area contributed by atoms with Crippen molar-refractivity contribution in [3.05, 3.63) is 89.0 Å². The lowest BCUT2D eigenvalue weighted by atomic mass is 10.1. The monoisotopic (exact) mass is 388 g/mol. The second kappa shape index (κ2) is 9.06. The van der Waals surface area contributed by atoms with Crippen LogP contribution in [0, 0.1) is 13.8 Å². The van der Waals surface area contributed by atoms with E-state index in [1.54, 1.807) is 36.4 Å². The Labute approximate surface area is 170 Å². The Morgan fingerprint density at radius 1 is 0.759 bits per heavy atom. The van der Waals surface area contributed by atoms with E-state index in [4.69, 9.17) is 4.74 Å². The van der Waals surface area contributed by atoms with Crippen LogP contribution in [0.15, 0.2) is 66.7 Å². The van der Waals surface area contributed by atoms with Gasteiger partial charge in [0, 0.05) is 16.8 Å². The Morgan fingerprint density at radius 3 is 1.90 bits per heavy atom. The predicted octanol–water partition coefficient (Wildman–Crippen LogP) is 5.21. The molecule has 148 valence electrons. The van der Waals surface area contributed by atoms with Gasteiger partial charge in [0.05, 0.1) is 12.3 Å². The van der Waals surface area contributed by atoms with Crippen molar-refractivity contribution in [2.45, 2.75) is 20.8 Å². The molecule has 0 aliphatic rings. The number of benzene rings is 3. The Kier molecular flexibility index (Phi) is 6.29. The maximum atomic E-state index is 12.6. The van der Waals surface area contributed by atoms with E-state index in [0.717, 1.165) is 16.8 Å². The summed E-state index contributed by atoms with van der Waals surface area (Å²) in [6.07, 6.45) is 0. The highest BCUT2D eigenvalue weighted by atomic mass is 16.5. The van der Waals surface area contributed by atoms with Crippen LogP contribution in [-0.2, 0) is 0 Å². The van der Waals surface area contributed by atoms with Crippen molar-refractivity contribution in [2.75, 3.05) is 17.2 Å². The summed E-state index contributed by atoms with van der Waals surface area (Å²) < 4.78 is 5.53. The molecular weight excluding hydrogens is 364 g/mol. The topological polar surface area (TPSA) is 67.4 Å². The molecule has 0 aliphatic heterocycles. The lowest BCUT2D eigenvalue weighted by Crippen LogP contribution is -2.15. The van der Waals surface area contributed by atoms with Gasteiger partial charge < -0.3 is 15.4 Å². The third-order valence-electron chi connectivity index (χ3n) is 4.56. The molecule has 0 bridgehead atoms. The zero-order valence-electron chi connectivity index (χ0n) is 16.8. The number of carbonyl (C=O) groups excluding carboxylic acids is 2. The van der Waals surface area contributed by atoms with E-state index in [0.29, 0.717) is 29.2 Å². The molecule has 2 amide bonds. The van der Waals surface area contributed by atoms with Crippen LogP contribution in [0.3, 0.4) is 0 Å². The molecule has 0 spiro atoms. The van der Waals surface area contributed by atoms with E-state index >= 15 is 0 Å². The van der Waals surface area contributed by atoms with Crippen LogP contribution < -0.4 is 15.4 Å². The van der Waals surface area contributed by atoms with Crippen molar-refractivity contribution in [3.63, 3.8) is 0 Å². The smallest absolute Gasteiger partial charge is 0.255 e. The second-order valence-electron chi connectivity index (χ2n) is 6.68. The molecular formula is C24H24N2O3. The summed E-state index contributed by atoms with van der Waals surface area (Å²) >= 11 is 0. The zero-order valence-corrected chi connectivity index (χ0v) is 16.8. The fourth-order valence-corrected chi connectivity index (χ4v) is 3.02. The number of hydrogen-bond donors (Lipinski definition) is 2. The molecule has 0 atom stereocenters. The average Bonchev–Trinajstić information content (AvgIpc) is 2.72. The SMILES string of the molecule is CCOc1ccccc1NC(=O)c1ccc(C(=O)Nc2c(C)cccc2C)cc1. The third kappa shape index (κ3) is 4.82. The van der Waals surface area contributed by atoms with Gasteiger partial charge in [-0.1, -0.05) is 30.3 Å². The van der Waals surface area contributed by atoms with E-state index in [1.165, 1.54) is 0 Å². The van der Waals surface area contributed by atoms with Gasteiger partial charge in [0.1, 0.15) is 5.75 Å². The first kappa shape index (κ1) is 20.1. The Balaban J connectivity index is 1.71. The molecule has 0 fully saturated rings. The summed E-state index contributed by atoms with van der Waals surface area (Å²) in [5.41, 5.74) is 4.37.